The number of carbonyl (C=O) groups is 2. The Kier molecular flexibility index (Phi) is 5.97. The molecule has 6 nitrogen and oxygen atoms in total. The van der Waals surface area contributed by atoms with Gasteiger partial charge in [-0.05, 0) is 82.2 Å². The van der Waals surface area contributed by atoms with Crippen LogP contribution in [0.1, 0.15) is 67.9 Å². The van der Waals surface area contributed by atoms with E-state index >= 15 is 0 Å². The lowest BCUT2D eigenvalue weighted by atomic mass is 9.87. The first-order valence-corrected chi connectivity index (χ1v) is 11.3. The number of amides is 1. The first-order valence-electron chi connectivity index (χ1n) is 11.3. The summed E-state index contributed by atoms with van der Waals surface area (Å²) in [4.78, 5) is 31.5. The molecule has 0 N–H and O–H groups in total. The average Bonchev–Trinajstić information content (AvgIpc) is 3.47. The highest BCUT2D eigenvalue weighted by molar-refractivity contribution is 5.89. The van der Waals surface area contributed by atoms with Gasteiger partial charge in [0.25, 0.3) is 0 Å². The summed E-state index contributed by atoms with van der Waals surface area (Å²) in [6.45, 7) is 5.72. The number of hydrogen-bond acceptors (Lipinski definition) is 5. The Hall–Kier alpha value is -2.89. The first-order chi connectivity index (χ1) is 15.2. The molecule has 2 heterocycles. The zero-order valence-electron chi connectivity index (χ0n) is 19.3. The zero-order chi connectivity index (χ0) is 22.9. The number of pyridine rings is 1. The highest BCUT2D eigenvalue weighted by Gasteiger charge is 2.57. The number of carbonyl (C=O) groups excluding carboxylic acids is 2. The molecule has 170 valence electrons. The maximum absolute atomic E-state index is 13.4. The highest BCUT2D eigenvalue weighted by Crippen LogP contribution is 2.56. The second kappa shape index (κ2) is 8.57. The van der Waals surface area contributed by atoms with Crippen LogP contribution in [0.3, 0.4) is 0 Å². The van der Waals surface area contributed by atoms with Gasteiger partial charge in [0, 0.05) is 29.9 Å². The first kappa shape index (κ1) is 22.3. The number of rotatable bonds is 5. The summed E-state index contributed by atoms with van der Waals surface area (Å²) >= 11 is 0. The second-order valence-electron chi connectivity index (χ2n) is 9.93. The fourth-order valence-corrected chi connectivity index (χ4v) is 4.99. The summed E-state index contributed by atoms with van der Waals surface area (Å²) in [6.07, 6.45) is 8.20. The molecular formula is C26H32N2O4. The fraction of sp³-hybridized carbons (Fsp3) is 0.500. The summed E-state index contributed by atoms with van der Waals surface area (Å²) < 4.78 is 10.6. The minimum absolute atomic E-state index is 0.0331. The number of esters is 1. The number of likely N-dealkylation sites (tertiary alicyclic amines) is 1. The van der Waals surface area contributed by atoms with Crippen LogP contribution in [-0.4, -0.2) is 46.7 Å². The molecule has 0 spiro atoms. The van der Waals surface area contributed by atoms with Gasteiger partial charge in [0.15, 0.2) is 0 Å². The van der Waals surface area contributed by atoms with E-state index in [-0.39, 0.29) is 29.6 Å². The van der Waals surface area contributed by atoms with E-state index in [4.69, 9.17) is 9.47 Å². The van der Waals surface area contributed by atoms with E-state index in [1.165, 1.54) is 12.7 Å². The maximum Gasteiger partial charge on any atom is 0.410 e. The third kappa shape index (κ3) is 4.50. The van der Waals surface area contributed by atoms with Crippen LogP contribution in [-0.2, 0) is 21.3 Å². The summed E-state index contributed by atoms with van der Waals surface area (Å²) in [5.74, 6) is -0.347. The van der Waals surface area contributed by atoms with E-state index in [2.05, 4.69) is 11.1 Å². The predicted molar refractivity (Wildman–Crippen MR) is 122 cm³/mol. The Morgan fingerprint density at radius 3 is 2.41 bits per heavy atom. The summed E-state index contributed by atoms with van der Waals surface area (Å²) in [7, 11) is 1.38. The molecular weight excluding hydrogens is 404 g/mol. The Labute approximate surface area is 189 Å². The Morgan fingerprint density at radius 1 is 1.12 bits per heavy atom. The number of ether oxygens (including phenoxy) is 2. The van der Waals surface area contributed by atoms with Gasteiger partial charge in [-0.3, -0.25) is 4.98 Å². The molecule has 1 amide bonds. The van der Waals surface area contributed by atoms with Crippen molar-refractivity contribution >= 4 is 12.1 Å². The van der Waals surface area contributed by atoms with Crippen molar-refractivity contribution in [2.24, 2.45) is 0 Å². The third-order valence-corrected chi connectivity index (χ3v) is 6.62. The quantitative estimate of drug-likeness (QED) is 0.623. The van der Waals surface area contributed by atoms with Gasteiger partial charge in [0.05, 0.1) is 12.7 Å². The molecule has 2 atom stereocenters. The van der Waals surface area contributed by atoms with Crippen molar-refractivity contribution in [3.05, 3.63) is 65.5 Å². The SMILES string of the molecule is COC(=O)c1ccc(C[C@@H]2CC[C@H](C3(c4cccnc4)CC3)N2C(=O)OC(C)(C)C)cc1. The standard InChI is InChI=1S/C26H32N2O4/c1-25(2,3)32-24(30)28-21(16-18-7-9-19(10-8-18)23(29)31-4)11-12-22(28)26(13-14-26)20-6-5-15-27-17-20/h5-10,15,17,21-22H,11-14,16H2,1-4H3/t21-,22+/m0/s1. The molecule has 0 unspecified atom stereocenters. The number of benzene rings is 1. The smallest absolute Gasteiger partial charge is 0.410 e. The van der Waals surface area contributed by atoms with Crippen molar-refractivity contribution in [2.75, 3.05) is 7.11 Å². The van der Waals surface area contributed by atoms with Crippen LogP contribution in [0.4, 0.5) is 4.79 Å². The van der Waals surface area contributed by atoms with Gasteiger partial charge in [-0.1, -0.05) is 18.2 Å². The maximum atomic E-state index is 13.4. The molecule has 0 radical (unpaired) electrons. The highest BCUT2D eigenvalue weighted by atomic mass is 16.6. The van der Waals surface area contributed by atoms with Gasteiger partial charge in [0.2, 0.25) is 0 Å². The van der Waals surface area contributed by atoms with Gasteiger partial charge in [0.1, 0.15) is 5.60 Å². The summed E-state index contributed by atoms with van der Waals surface area (Å²) in [5, 5.41) is 0. The van der Waals surface area contributed by atoms with Crippen LogP contribution in [0, 0.1) is 0 Å². The molecule has 4 rings (SSSR count). The Morgan fingerprint density at radius 2 is 1.84 bits per heavy atom. The number of hydrogen-bond donors (Lipinski definition) is 0. The van der Waals surface area contributed by atoms with Crippen molar-refractivity contribution in [3.8, 4) is 0 Å². The second-order valence-corrected chi connectivity index (χ2v) is 9.93. The van der Waals surface area contributed by atoms with Crippen LogP contribution >= 0.6 is 0 Å². The van der Waals surface area contributed by atoms with E-state index in [9.17, 15) is 9.59 Å². The average molecular weight is 437 g/mol. The van der Waals surface area contributed by atoms with E-state index in [1.807, 2.05) is 50.1 Å². The molecule has 1 saturated heterocycles. The third-order valence-electron chi connectivity index (χ3n) is 6.62. The summed E-state index contributed by atoms with van der Waals surface area (Å²) in [6, 6.07) is 11.7. The minimum Gasteiger partial charge on any atom is -0.465 e. The van der Waals surface area contributed by atoms with Crippen LogP contribution in [0.15, 0.2) is 48.8 Å². The van der Waals surface area contributed by atoms with Crippen molar-refractivity contribution in [2.45, 2.75) is 76.0 Å². The van der Waals surface area contributed by atoms with E-state index < -0.39 is 5.60 Å². The van der Waals surface area contributed by atoms with Gasteiger partial charge in [-0.15, -0.1) is 0 Å². The van der Waals surface area contributed by atoms with Gasteiger partial charge in [-0.2, -0.15) is 0 Å². The van der Waals surface area contributed by atoms with E-state index in [0.717, 1.165) is 37.7 Å². The van der Waals surface area contributed by atoms with Gasteiger partial charge in [-0.25, -0.2) is 9.59 Å². The van der Waals surface area contributed by atoms with E-state index in [0.29, 0.717) is 5.56 Å². The van der Waals surface area contributed by atoms with Crippen LogP contribution in [0.25, 0.3) is 0 Å². The van der Waals surface area contributed by atoms with Crippen LogP contribution < -0.4 is 0 Å². The summed E-state index contributed by atoms with van der Waals surface area (Å²) in [5.41, 5.74) is 2.24. The van der Waals surface area contributed by atoms with Crippen molar-refractivity contribution < 1.29 is 19.1 Å². The normalized spacial score (nSPS) is 21.8. The topological polar surface area (TPSA) is 68.7 Å². The molecule has 2 aromatic rings. The van der Waals surface area contributed by atoms with Crippen molar-refractivity contribution in [1.82, 2.24) is 9.88 Å². The molecule has 1 saturated carbocycles. The molecule has 6 heteroatoms. The van der Waals surface area contributed by atoms with Crippen molar-refractivity contribution in [3.63, 3.8) is 0 Å². The van der Waals surface area contributed by atoms with Gasteiger partial charge < -0.3 is 14.4 Å². The van der Waals surface area contributed by atoms with Crippen LogP contribution in [0.2, 0.25) is 0 Å². The predicted octanol–water partition coefficient (Wildman–Crippen LogP) is 4.91. The largest absolute Gasteiger partial charge is 0.465 e. The lowest BCUT2D eigenvalue weighted by molar-refractivity contribution is 0.0110. The van der Waals surface area contributed by atoms with Crippen LogP contribution in [0.5, 0.6) is 0 Å². The lowest BCUT2D eigenvalue weighted by Crippen LogP contribution is -2.49. The number of nitrogens with zero attached hydrogens (tertiary/aromatic N) is 2. The molecule has 2 aliphatic rings. The fourth-order valence-electron chi connectivity index (χ4n) is 4.99. The van der Waals surface area contributed by atoms with E-state index in [1.54, 1.807) is 18.3 Å². The molecule has 1 aliphatic heterocycles. The van der Waals surface area contributed by atoms with Crippen molar-refractivity contribution in [1.29, 1.82) is 0 Å². The molecule has 1 aliphatic carbocycles. The molecule has 1 aromatic carbocycles. The number of aromatic nitrogens is 1. The Bertz CT molecular complexity index is 962. The monoisotopic (exact) mass is 436 g/mol. The number of methoxy groups -OCH3 is 1. The molecule has 2 fully saturated rings. The van der Waals surface area contributed by atoms with Gasteiger partial charge >= 0.3 is 12.1 Å². The minimum atomic E-state index is -0.554. The molecule has 0 bridgehead atoms. The lowest BCUT2D eigenvalue weighted by Gasteiger charge is -2.37. The zero-order valence-corrected chi connectivity index (χ0v) is 19.3. The molecule has 1 aromatic heterocycles. The Balaban J connectivity index is 1.59. The molecule has 32 heavy (non-hydrogen) atoms.